The lowest BCUT2D eigenvalue weighted by Gasteiger charge is -2.30. The van der Waals surface area contributed by atoms with Crippen LogP contribution < -0.4 is 4.72 Å². The van der Waals surface area contributed by atoms with Gasteiger partial charge in [-0.2, -0.15) is 0 Å². The van der Waals surface area contributed by atoms with Gasteiger partial charge in [0.05, 0.1) is 10.9 Å². The molecule has 3 aromatic rings. The maximum atomic E-state index is 13.5. The molecule has 1 N–H and O–H groups in total. The number of hydrogen-bond acceptors (Lipinski definition) is 4. The van der Waals surface area contributed by atoms with Crippen LogP contribution in [0.15, 0.2) is 77.7 Å². The number of ketones is 1. The molecule has 1 saturated carbocycles. The van der Waals surface area contributed by atoms with Crippen LogP contribution in [0, 0.1) is 0 Å². The average Bonchev–Trinajstić information content (AvgIpc) is 3.62. The van der Waals surface area contributed by atoms with Crippen molar-refractivity contribution in [3.05, 3.63) is 101 Å². The average molecular weight is 489 g/mol. The van der Waals surface area contributed by atoms with E-state index in [-0.39, 0.29) is 29.2 Å². The minimum Gasteiger partial charge on any atom is -0.329 e. The number of carbonyl (C=O) groups is 2. The molecule has 0 heterocycles. The van der Waals surface area contributed by atoms with Crippen molar-refractivity contribution in [1.82, 2.24) is 9.62 Å². The summed E-state index contributed by atoms with van der Waals surface area (Å²) in [6.45, 7) is 1.54. The topological polar surface area (TPSA) is 83.5 Å². The Morgan fingerprint density at radius 3 is 2.20 bits per heavy atom. The van der Waals surface area contributed by atoms with Crippen molar-refractivity contribution in [3.63, 3.8) is 0 Å². The van der Waals surface area contributed by atoms with Crippen LogP contribution in [-0.2, 0) is 23.0 Å². The minimum absolute atomic E-state index is 0.0342. The largest absolute Gasteiger partial charge is 0.329 e. The molecular formula is C28H28N2O4S. The molecule has 1 atom stereocenters. The molecule has 35 heavy (non-hydrogen) atoms. The summed E-state index contributed by atoms with van der Waals surface area (Å²) in [6, 6.07) is 21.8. The van der Waals surface area contributed by atoms with Crippen molar-refractivity contribution in [1.29, 1.82) is 0 Å². The zero-order chi connectivity index (χ0) is 24.6. The van der Waals surface area contributed by atoms with Gasteiger partial charge in [-0.1, -0.05) is 48.5 Å². The summed E-state index contributed by atoms with van der Waals surface area (Å²) in [5.74, 6) is -0.0826. The second kappa shape index (κ2) is 9.40. The van der Waals surface area contributed by atoms with Gasteiger partial charge in [0.2, 0.25) is 10.0 Å². The normalized spacial score (nSPS) is 17.1. The maximum absolute atomic E-state index is 13.5. The van der Waals surface area contributed by atoms with Crippen LogP contribution in [0.4, 0.5) is 0 Å². The second-order valence-corrected chi connectivity index (χ2v) is 11.1. The first kappa shape index (κ1) is 23.5. The molecular weight excluding hydrogens is 460 g/mol. The molecule has 0 bridgehead atoms. The Balaban J connectivity index is 1.27. The fourth-order valence-electron chi connectivity index (χ4n) is 4.78. The Bertz CT molecular complexity index is 1360. The van der Waals surface area contributed by atoms with Gasteiger partial charge in [0.15, 0.2) is 5.78 Å². The Morgan fingerprint density at radius 2 is 1.54 bits per heavy atom. The van der Waals surface area contributed by atoms with E-state index in [4.69, 9.17) is 0 Å². The number of amides is 1. The van der Waals surface area contributed by atoms with Gasteiger partial charge in [0.1, 0.15) is 0 Å². The quantitative estimate of drug-likeness (QED) is 0.468. The highest BCUT2D eigenvalue weighted by Crippen LogP contribution is 2.42. The van der Waals surface area contributed by atoms with Gasteiger partial charge in [-0.05, 0) is 73.6 Å². The molecule has 6 nitrogen and oxygen atoms in total. The number of hydrogen-bond donors (Lipinski definition) is 1. The first-order valence-corrected chi connectivity index (χ1v) is 13.4. The number of benzene rings is 3. The summed E-state index contributed by atoms with van der Waals surface area (Å²) in [6.07, 6.45) is 4.03. The van der Waals surface area contributed by atoms with Crippen molar-refractivity contribution in [2.75, 3.05) is 0 Å². The van der Waals surface area contributed by atoms with Gasteiger partial charge in [0, 0.05) is 23.7 Å². The number of fused-ring (bicyclic) bond motifs is 1. The summed E-state index contributed by atoms with van der Waals surface area (Å²) < 4.78 is 27.8. The molecule has 0 aliphatic heterocycles. The fraction of sp³-hybridized carbons (Fsp3) is 0.286. The molecule has 1 amide bonds. The van der Waals surface area contributed by atoms with Crippen LogP contribution in [0.2, 0.25) is 0 Å². The molecule has 2 aliphatic carbocycles. The van der Waals surface area contributed by atoms with Crippen LogP contribution in [-0.4, -0.2) is 31.0 Å². The summed E-state index contributed by atoms with van der Waals surface area (Å²) in [4.78, 5) is 27.1. The predicted octanol–water partition coefficient (Wildman–Crippen LogP) is 4.66. The number of carbonyl (C=O) groups excluding carboxylic acids is 2. The molecule has 180 valence electrons. The summed E-state index contributed by atoms with van der Waals surface area (Å²) >= 11 is 0. The smallest absolute Gasteiger partial charge is 0.254 e. The Kier molecular flexibility index (Phi) is 6.30. The highest BCUT2D eigenvalue weighted by atomic mass is 32.2. The molecule has 1 unspecified atom stereocenters. The van der Waals surface area contributed by atoms with Gasteiger partial charge >= 0.3 is 0 Å². The number of nitrogens with zero attached hydrogens (tertiary/aromatic N) is 1. The molecule has 0 spiro atoms. The van der Waals surface area contributed by atoms with E-state index >= 15 is 0 Å². The first-order valence-electron chi connectivity index (χ1n) is 11.9. The van der Waals surface area contributed by atoms with E-state index in [1.54, 1.807) is 24.3 Å². The zero-order valence-electron chi connectivity index (χ0n) is 19.6. The van der Waals surface area contributed by atoms with Crippen molar-refractivity contribution in [2.45, 2.75) is 56.1 Å². The highest BCUT2D eigenvalue weighted by molar-refractivity contribution is 7.89. The molecule has 0 aromatic heterocycles. The lowest BCUT2D eigenvalue weighted by Crippen LogP contribution is -2.36. The van der Waals surface area contributed by atoms with E-state index in [2.05, 4.69) is 27.8 Å². The zero-order valence-corrected chi connectivity index (χ0v) is 20.4. The Hall–Kier alpha value is -3.29. The van der Waals surface area contributed by atoms with Crippen LogP contribution in [0.1, 0.15) is 69.6 Å². The van der Waals surface area contributed by atoms with Crippen LogP contribution in [0.3, 0.4) is 0 Å². The lowest BCUT2D eigenvalue weighted by molar-refractivity contribution is 0.0658. The summed E-state index contributed by atoms with van der Waals surface area (Å²) in [7, 11) is -3.72. The number of rotatable bonds is 8. The molecule has 2 aliphatic rings. The minimum atomic E-state index is -3.72. The first-order chi connectivity index (χ1) is 16.8. The fourth-order valence-corrected chi connectivity index (χ4v) is 5.80. The van der Waals surface area contributed by atoms with E-state index in [1.165, 1.54) is 42.3 Å². The van der Waals surface area contributed by atoms with Crippen molar-refractivity contribution in [3.8, 4) is 0 Å². The highest BCUT2D eigenvalue weighted by Gasteiger charge is 2.40. The van der Waals surface area contributed by atoms with Crippen molar-refractivity contribution in [2.24, 2.45) is 0 Å². The number of sulfonamides is 1. The van der Waals surface area contributed by atoms with Gasteiger partial charge in [-0.25, -0.2) is 13.1 Å². The van der Waals surface area contributed by atoms with E-state index in [0.717, 1.165) is 31.2 Å². The number of nitrogens with one attached hydrogen (secondary N) is 1. The lowest BCUT2D eigenvalue weighted by atomic mass is 10.0. The van der Waals surface area contributed by atoms with E-state index in [1.807, 2.05) is 6.07 Å². The third-order valence-electron chi connectivity index (χ3n) is 6.85. The van der Waals surface area contributed by atoms with E-state index in [9.17, 15) is 18.0 Å². The van der Waals surface area contributed by atoms with Crippen molar-refractivity contribution >= 4 is 21.7 Å². The van der Waals surface area contributed by atoms with Crippen molar-refractivity contribution < 1.29 is 18.0 Å². The Labute approximate surface area is 206 Å². The standard InChI is InChI=1S/C28H28N2O4S/c1-19(31)21-10-15-25(16-11-21)35(33,34)29-18-20-6-8-23(9-7-20)28(32)30(24-13-14-24)27-17-12-22-4-2-3-5-26(22)27/h2-11,15-16,24,27,29H,12-14,17-18H2,1H3. The third-order valence-corrected chi connectivity index (χ3v) is 8.27. The summed E-state index contributed by atoms with van der Waals surface area (Å²) in [5, 5.41) is 0. The van der Waals surface area contributed by atoms with Gasteiger partial charge < -0.3 is 4.90 Å². The van der Waals surface area contributed by atoms with Gasteiger partial charge in [0.25, 0.3) is 5.91 Å². The molecule has 5 rings (SSSR count). The third kappa shape index (κ3) is 4.92. The Morgan fingerprint density at radius 1 is 0.886 bits per heavy atom. The molecule has 0 saturated heterocycles. The van der Waals surface area contributed by atoms with E-state index < -0.39 is 10.0 Å². The summed E-state index contributed by atoms with van der Waals surface area (Å²) in [5.41, 5.74) is 4.43. The molecule has 0 radical (unpaired) electrons. The van der Waals surface area contributed by atoms with Gasteiger partial charge in [-0.15, -0.1) is 0 Å². The monoisotopic (exact) mass is 488 g/mol. The predicted molar refractivity (Wildman–Crippen MR) is 134 cm³/mol. The van der Waals surface area contributed by atoms with Crippen LogP contribution >= 0.6 is 0 Å². The molecule has 3 aromatic carbocycles. The van der Waals surface area contributed by atoms with Crippen LogP contribution in [0.25, 0.3) is 0 Å². The molecule has 7 heteroatoms. The van der Waals surface area contributed by atoms with Crippen LogP contribution in [0.5, 0.6) is 0 Å². The SMILES string of the molecule is CC(=O)c1ccc(S(=O)(=O)NCc2ccc(C(=O)N(C3CC3)C3CCc4ccccc43)cc2)cc1. The second-order valence-electron chi connectivity index (χ2n) is 9.30. The maximum Gasteiger partial charge on any atom is 0.254 e. The molecule has 1 fully saturated rings. The number of Topliss-reactive ketones (excluding diaryl/α,β-unsaturated/α-hetero) is 1. The van der Waals surface area contributed by atoms with E-state index in [0.29, 0.717) is 17.2 Å². The number of aryl methyl sites for hydroxylation is 1. The van der Waals surface area contributed by atoms with Gasteiger partial charge in [-0.3, -0.25) is 9.59 Å².